The molecule has 1 aliphatic rings. The van der Waals surface area contributed by atoms with E-state index in [2.05, 4.69) is 15.6 Å². The molecule has 2 heterocycles. The molecule has 0 saturated carbocycles. The quantitative estimate of drug-likeness (QED) is 0.776. The Labute approximate surface area is 170 Å². The number of carbonyl (C=O) groups excluding carboxylic acids is 2. The van der Waals surface area contributed by atoms with Crippen LogP contribution < -0.4 is 15.4 Å². The maximum Gasteiger partial charge on any atom is 0.409 e. The van der Waals surface area contributed by atoms with Crippen LogP contribution in [-0.2, 0) is 4.74 Å². The molecule has 1 fully saturated rings. The summed E-state index contributed by atoms with van der Waals surface area (Å²) >= 11 is 0. The molecule has 1 aromatic carbocycles. The van der Waals surface area contributed by atoms with Crippen molar-refractivity contribution in [3.05, 3.63) is 48.3 Å². The van der Waals surface area contributed by atoms with E-state index in [-0.39, 0.29) is 18.0 Å². The highest BCUT2D eigenvalue weighted by Gasteiger charge is 2.24. The highest BCUT2D eigenvalue weighted by molar-refractivity contribution is 5.95. The maximum atomic E-state index is 12.6. The van der Waals surface area contributed by atoms with Gasteiger partial charge in [0.15, 0.2) is 0 Å². The van der Waals surface area contributed by atoms with E-state index in [1.54, 1.807) is 37.4 Å². The van der Waals surface area contributed by atoms with Gasteiger partial charge < -0.3 is 25.0 Å². The third-order valence-corrected chi connectivity index (χ3v) is 4.72. The molecule has 1 aromatic heterocycles. The van der Waals surface area contributed by atoms with Crippen molar-refractivity contribution in [2.24, 2.45) is 0 Å². The van der Waals surface area contributed by atoms with Crippen molar-refractivity contribution < 1.29 is 19.1 Å². The number of likely N-dealkylation sites (tertiary alicyclic amines) is 1. The van der Waals surface area contributed by atoms with Crippen molar-refractivity contribution in [3.8, 4) is 5.75 Å². The Bertz CT molecular complexity index is 850. The number of carbonyl (C=O) groups is 2. The Morgan fingerprint density at radius 2 is 1.97 bits per heavy atom. The van der Waals surface area contributed by atoms with Crippen LogP contribution in [0.15, 0.2) is 42.7 Å². The molecule has 0 atom stereocenters. The SMILES string of the molecule is CCOC(=O)N1CCC(NC(=O)c2cncc(Nc3cccc(OC)c3)c2)CC1. The number of ether oxygens (including phenoxy) is 2. The fraction of sp³-hybridized carbons (Fsp3) is 0.381. The molecule has 154 valence electrons. The molecule has 8 nitrogen and oxygen atoms in total. The first kappa shape index (κ1) is 20.4. The van der Waals surface area contributed by atoms with Gasteiger partial charge in [-0.25, -0.2) is 4.79 Å². The first-order valence-corrected chi connectivity index (χ1v) is 9.67. The number of nitrogens with zero attached hydrogens (tertiary/aromatic N) is 2. The lowest BCUT2D eigenvalue weighted by Crippen LogP contribution is -2.46. The zero-order chi connectivity index (χ0) is 20.6. The molecule has 0 unspecified atom stereocenters. The van der Waals surface area contributed by atoms with E-state index >= 15 is 0 Å². The molecule has 0 aliphatic carbocycles. The van der Waals surface area contributed by atoms with Gasteiger partial charge in [-0.1, -0.05) is 6.07 Å². The summed E-state index contributed by atoms with van der Waals surface area (Å²) in [7, 11) is 1.61. The second-order valence-electron chi connectivity index (χ2n) is 6.75. The van der Waals surface area contributed by atoms with E-state index in [0.29, 0.717) is 43.8 Å². The number of hydrogen-bond acceptors (Lipinski definition) is 6. The van der Waals surface area contributed by atoms with Crippen LogP contribution in [-0.4, -0.2) is 54.7 Å². The van der Waals surface area contributed by atoms with Gasteiger partial charge in [0, 0.05) is 37.1 Å². The third kappa shape index (κ3) is 5.60. The van der Waals surface area contributed by atoms with Gasteiger partial charge in [-0.2, -0.15) is 0 Å². The number of aromatic nitrogens is 1. The molecule has 1 aliphatic heterocycles. The number of amides is 2. The van der Waals surface area contributed by atoms with E-state index in [9.17, 15) is 9.59 Å². The Kier molecular flexibility index (Phi) is 6.89. The van der Waals surface area contributed by atoms with Crippen LogP contribution >= 0.6 is 0 Å². The van der Waals surface area contributed by atoms with Gasteiger partial charge in [0.1, 0.15) is 5.75 Å². The smallest absolute Gasteiger partial charge is 0.409 e. The van der Waals surface area contributed by atoms with E-state index in [1.165, 1.54) is 0 Å². The monoisotopic (exact) mass is 398 g/mol. The largest absolute Gasteiger partial charge is 0.497 e. The topological polar surface area (TPSA) is 92.8 Å². The van der Waals surface area contributed by atoms with Crippen molar-refractivity contribution in [2.75, 3.05) is 32.1 Å². The molecule has 0 bridgehead atoms. The van der Waals surface area contributed by atoms with Crippen molar-refractivity contribution in [1.82, 2.24) is 15.2 Å². The standard InChI is InChI=1S/C21H26N4O4/c1-3-29-21(27)25-9-7-16(8-10-25)24-20(26)15-11-18(14-22-13-15)23-17-5-4-6-19(12-17)28-2/h4-6,11-14,16,23H,3,7-10H2,1-2H3,(H,24,26). The van der Waals surface area contributed by atoms with Crippen molar-refractivity contribution in [1.29, 1.82) is 0 Å². The highest BCUT2D eigenvalue weighted by atomic mass is 16.6. The summed E-state index contributed by atoms with van der Waals surface area (Å²) in [6.07, 6.45) is 4.30. The Morgan fingerprint density at radius 3 is 2.69 bits per heavy atom. The predicted molar refractivity (Wildman–Crippen MR) is 110 cm³/mol. The van der Waals surface area contributed by atoms with Gasteiger partial charge in [0.25, 0.3) is 5.91 Å². The summed E-state index contributed by atoms with van der Waals surface area (Å²) in [4.78, 5) is 30.2. The van der Waals surface area contributed by atoms with Crippen LogP contribution in [0.1, 0.15) is 30.1 Å². The summed E-state index contributed by atoms with van der Waals surface area (Å²) in [5.74, 6) is 0.562. The number of hydrogen-bond donors (Lipinski definition) is 2. The normalized spacial score (nSPS) is 14.2. The molecule has 1 saturated heterocycles. The predicted octanol–water partition coefficient (Wildman–Crippen LogP) is 3.18. The number of piperidine rings is 1. The van der Waals surface area contributed by atoms with Crippen LogP contribution in [0.25, 0.3) is 0 Å². The van der Waals surface area contributed by atoms with Crippen LogP contribution in [0.5, 0.6) is 5.75 Å². The summed E-state index contributed by atoms with van der Waals surface area (Å²) in [5.41, 5.74) is 2.03. The molecule has 0 radical (unpaired) electrons. The first-order valence-electron chi connectivity index (χ1n) is 9.67. The van der Waals surface area contributed by atoms with Crippen LogP contribution in [0.2, 0.25) is 0 Å². The lowest BCUT2D eigenvalue weighted by molar-refractivity contribution is 0.0860. The number of anilines is 2. The number of methoxy groups -OCH3 is 1. The van der Waals surface area contributed by atoms with Crippen LogP contribution in [0.4, 0.5) is 16.2 Å². The van der Waals surface area contributed by atoms with E-state index in [1.807, 2.05) is 24.3 Å². The molecule has 2 N–H and O–H groups in total. The van der Waals surface area contributed by atoms with Crippen molar-refractivity contribution in [2.45, 2.75) is 25.8 Å². The molecular weight excluding hydrogens is 372 g/mol. The van der Waals surface area contributed by atoms with Crippen molar-refractivity contribution >= 4 is 23.4 Å². The van der Waals surface area contributed by atoms with Gasteiger partial charge in [-0.05, 0) is 38.0 Å². The molecule has 8 heteroatoms. The minimum absolute atomic E-state index is 0.0168. The molecule has 2 aromatic rings. The number of rotatable bonds is 6. The zero-order valence-electron chi connectivity index (χ0n) is 16.7. The summed E-state index contributed by atoms with van der Waals surface area (Å²) in [5, 5.41) is 6.26. The summed E-state index contributed by atoms with van der Waals surface area (Å²) < 4.78 is 10.2. The third-order valence-electron chi connectivity index (χ3n) is 4.72. The maximum absolute atomic E-state index is 12.6. The highest BCUT2D eigenvalue weighted by Crippen LogP contribution is 2.21. The van der Waals surface area contributed by atoms with Gasteiger partial charge in [0.2, 0.25) is 0 Å². The average Bonchev–Trinajstić information content (AvgIpc) is 2.74. The molecule has 3 rings (SSSR count). The fourth-order valence-corrected chi connectivity index (χ4v) is 3.19. The minimum atomic E-state index is -0.294. The van der Waals surface area contributed by atoms with Gasteiger partial charge in [-0.3, -0.25) is 9.78 Å². The van der Waals surface area contributed by atoms with Gasteiger partial charge >= 0.3 is 6.09 Å². The second kappa shape index (κ2) is 9.77. The molecule has 29 heavy (non-hydrogen) atoms. The van der Waals surface area contributed by atoms with E-state index in [0.717, 1.165) is 11.4 Å². The second-order valence-corrected chi connectivity index (χ2v) is 6.75. The number of benzene rings is 1. The Morgan fingerprint density at radius 1 is 1.17 bits per heavy atom. The minimum Gasteiger partial charge on any atom is -0.497 e. The van der Waals surface area contributed by atoms with E-state index in [4.69, 9.17) is 9.47 Å². The Balaban J connectivity index is 1.56. The van der Waals surface area contributed by atoms with Gasteiger partial charge in [-0.15, -0.1) is 0 Å². The number of pyridine rings is 1. The molecule has 2 amide bonds. The molecule has 0 spiro atoms. The first-order chi connectivity index (χ1) is 14.1. The lowest BCUT2D eigenvalue weighted by atomic mass is 10.0. The van der Waals surface area contributed by atoms with Crippen LogP contribution in [0, 0.1) is 0 Å². The fourth-order valence-electron chi connectivity index (χ4n) is 3.19. The van der Waals surface area contributed by atoms with Crippen molar-refractivity contribution in [3.63, 3.8) is 0 Å². The summed E-state index contributed by atoms with van der Waals surface area (Å²) in [6, 6.07) is 9.30. The average molecular weight is 398 g/mol. The van der Waals surface area contributed by atoms with Gasteiger partial charge in [0.05, 0.1) is 31.2 Å². The number of nitrogens with one attached hydrogen (secondary N) is 2. The van der Waals surface area contributed by atoms with E-state index < -0.39 is 0 Å². The lowest BCUT2D eigenvalue weighted by Gasteiger charge is -2.31. The summed E-state index contributed by atoms with van der Waals surface area (Å²) in [6.45, 7) is 3.29. The molecular formula is C21H26N4O4. The van der Waals surface area contributed by atoms with Crippen LogP contribution in [0.3, 0.4) is 0 Å². The Hall–Kier alpha value is -3.29. The zero-order valence-corrected chi connectivity index (χ0v) is 16.7.